The zero-order chi connectivity index (χ0) is 19.8. The Morgan fingerprint density at radius 1 is 0.929 bits per heavy atom. The van der Waals surface area contributed by atoms with Crippen molar-refractivity contribution in [2.24, 2.45) is 0 Å². The van der Waals surface area contributed by atoms with Crippen LogP contribution in [0.5, 0.6) is 0 Å². The van der Waals surface area contributed by atoms with E-state index < -0.39 is 0 Å². The topological polar surface area (TPSA) is 70.7 Å². The predicted molar refractivity (Wildman–Crippen MR) is 104 cm³/mol. The first kappa shape index (κ1) is 20.0. The highest BCUT2D eigenvalue weighted by atomic mass is 19.1. The zero-order valence-electron chi connectivity index (χ0n) is 15.6. The van der Waals surface area contributed by atoms with E-state index in [1.807, 2.05) is 0 Å². The average molecular weight is 385 g/mol. The number of carbonyl (C=O) groups excluding carboxylic acids is 2. The lowest BCUT2D eigenvalue weighted by Crippen LogP contribution is -2.41. The van der Waals surface area contributed by atoms with Gasteiger partial charge in [0.25, 0.3) is 11.8 Å². The molecule has 28 heavy (non-hydrogen) atoms. The largest absolute Gasteiger partial charge is 0.379 e. The van der Waals surface area contributed by atoms with Gasteiger partial charge in [-0.3, -0.25) is 14.5 Å². The molecule has 1 aliphatic rings. The minimum atomic E-state index is -0.355. The number of rotatable bonds is 7. The van der Waals surface area contributed by atoms with Crippen molar-refractivity contribution in [1.29, 1.82) is 0 Å². The quantitative estimate of drug-likeness (QED) is 0.763. The van der Waals surface area contributed by atoms with Crippen LogP contribution in [0.4, 0.5) is 4.39 Å². The Labute approximate surface area is 163 Å². The summed E-state index contributed by atoms with van der Waals surface area (Å²) in [6, 6.07) is 12.7. The second-order valence-electron chi connectivity index (χ2n) is 6.56. The molecule has 1 fully saturated rings. The van der Waals surface area contributed by atoms with E-state index in [2.05, 4.69) is 15.5 Å². The average Bonchev–Trinajstić information content (AvgIpc) is 2.74. The molecular formula is C21H24FN3O3. The molecule has 148 valence electrons. The third-order valence-electron chi connectivity index (χ3n) is 4.62. The van der Waals surface area contributed by atoms with E-state index in [0.29, 0.717) is 23.2 Å². The first-order valence-corrected chi connectivity index (χ1v) is 9.33. The highest BCUT2D eigenvalue weighted by Crippen LogP contribution is 2.08. The molecule has 1 heterocycles. The lowest BCUT2D eigenvalue weighted by molar-refractivity contribution is 0.0383. The number of benzene rings is 2. The van der Waals surface area contributed by atoms with E-state index >= 15 is 0 Å². The van der Waals surface area contributed by atoms with Crippen LogP contribution in [-0.4, -0.2) is 56.1 Å². The SMILES string of the molecule is O=C(NCCN1CCOCC1)c1ccc(C(=O)NCc2ccccc2F)cc1. The highest BCUT2D eigenvalue weighted by Gasteiger charge is 2.12. The first-order valence-electron chi connectivity index (χ1n) is 9.33. The second-order valence-corrected chi connectivity index (χ2v) is 6.56. The number of hydrogen-bond donors (Lipinski definition) is 2. The minimum Gasteiger partial charge on any atom is -0.379 e. The smallest absolute Gasteiger partial charge is 0.251 e. The van der Waals surface area contributed by atoms with Crippen LogP contribution < -0.4 is 10.6 Å². The van der Waals surface area contributed by atoms with Gasteiger partial charge in [-0.25, -0.2) is 4.39 Å². The molecule has 2 aromatic rings. The van der Waals surface area contributed by atoms with Crippen molar-refractivity contribution in [1.82, 2.24) is 15.5 Å². The van der Waals surface area contributed by atoms with Gasteiger partial charge in [0.2, 0.25) is 0 Å². The van der Waals surface area contributed by atoms with E-state index in [9.17, 15) is 14.0 Å². The molecule has 3 rings (SSSR count). The van der Waals surface area contributed by atoms with Gasteiger partial charge < -0.3 is 15.4 Å². The number of morpholine rings is 1. The Balaban J connectivity index is 1.46. The lowest BCUT2D eigenvalue weighted by atomic mass is 10.1. The molecular weight excluding hydrogens is 361 g/mol. The molecule has 0 spiro atoms. The summed E-state index contributed by atoms with van der Waals surface area (Å²) in [6.07, 6.45) is 0. The number of halogens is 1. The number of ether oxygens (including phenoxy) is 1. The van der Waals surface area contributed by atoms with Crippen LogP contribution in [0.2, 0.25) is 0 Å². The van der Waals surface area contributed by atoms with Crippen LogP contribution in [0, 0.1) is 5.82 Å². The standard InChI is InChI=1S/C21H24FN3O3/c22-19-4-2-1-3-18(19)15-24-21(27)17-7-5-16(6-8-17)20(26)23-9-10-25-11-13-28-14-12-25/h1-8H,9-15H2,(H,23,26)(H,24,27). The number of amides is 2. The van der Waals surface area contributed by atoms with Gasteiger partial charge in [-0.1, -0.05) is 18.2 Å². The summed E-state index contributed by atoms with van der Waals surface area (Å²) in [5.41, 5.74) is 1.33. The maximum Gasteiger partial charge on any atom is 0.251 e. The van der Waals surface area contributed by atoms with Gasteiger partial charge in [0.05, 0.1) is 13.2 Å². The molecule has 2 N–H and O–H groups in total. The first-order chi connectivity index (χ1) is 13.6. The molecule has 0 saturated carbocycles. The van der Waals surface area contributed by atoms with Gasteiger partial charge in [0.1, 0.15) is 5.82 Å². The van der Waals surface area contributed by atoms with Gasteiger partial charge in [-0.2, -0.15) is 0 Å². The number of hydrogen-bond acceptors (Lipinski definition) is 4. The molecule has 1 aliphatic heterocycles. The van der Waals surface area contributed by atoms with E-state index in [4.69, 9.17) is 4.74 Å². The van der Waals surface area contributed by atoms with Crippen LogP contribution in [0.15, 0.2) is 48.5 Å². The molecule has 7 heteroatoms. The third kappa shape index (κ3) is 5.61. The molecule has 0 atom stereocenters. The Hall–Kier alpha value is -2.77. The minimum absolute atomic E-state index is 0.106. The van der Waals surface area contributed by atoms with Crippen molar-refractivity contribution >= 4 is 11.8 Å². The van der Waals surface area contributed by atoms with E-state index in [1.54, 1.807) is 42.5 Å². The summed E-state index contributed by atoms with van der Waals surface area (Å²) in [5.74, 6) is -0.846. The van der Waals surface area contributed by atoms with Crippen LogP contribution in [0.25, 0.3) is 0 Å². The molecule has 6 nitrogen and oxygen atoms in total. The molecule has 1 saturated heterocycles. The zero-order valence-corrected chi connectivity index (χ0v) is 15.6. The van der Waals surface area contributed by atoms with Gasteiger partial charge in [-0.15, -0.1) is 0 Å². The normalized spacial score (nSPS) is 14.5. The Morgan fingerprint density at radius 3 is 2.18 bits per heavy atom. The summed E-state index contributed by atoms with van der Waals surface area (Å²) >= 11 is 0. The van der Waals surface area contributed by atoms with Crippen molar-refractivity contribution in [3.63, 3.8) is 0 Å². The van der Waals surface area contributed by atoms with Gasteiger partial charge in [0.15, 0.2) is 0 Å². The van der Waals surface area contributed by atoms with Gasteiger partial charge in [0, 0.05) is 49.4 Å². The van der Waals surface area contributed by atoms with Crippen LogP contribution in [0.1, 0.15) is 26.3 Å². The molecule has 0 aromatic heterocycles. The molecule has 0 bridgehead atoms. The van der Waals surface area contributed by atoms with Gasteiger partial charge >= 0.3 is 0 Å². The Kier molecular flexibility index (Phi) is 7.11. The fourth-order valence-electron chi connectivity index (χ4n) is 2.95. The summed E-state index contributed by atoms with van der Waals surface area (Å²) in [7, 11) is 0. The van der Waals surface area contributed by atoms with Gasteiger partial charge in [-0.05, 0) is 30.3 Å². The fourth-order valence-corrected chi connectivity index (χ4v) is 2.95. The van der Waals surface area contributed by atoms with E-state index in [1.165, 1.54) is 6.07 Å². The van der Waals surface area contributed by atoms with Crippen molar-refractivity contribution in [3.8, 4) is 0 Å². The summed E-state index contributed by atoms with van der Waals surface area (Å²) in [4.78, 5) is 26.7. The number of nitrogens with one attached hydrogen (secondary N) is 2. The summed E-state index contributed by atoms with van der Waals surface area (Å²) in [5, 5.41) is 5.56. The van der Waals surface area contributed by atoms with E-state index in [0.717, 1.165) is 32.8 Å². The molecule has 0 aliphatic carbocycles. The van der Waals surface area contributed by atoms with Crippen molar-refractivity contribution in [2.75, 3.05) is 39.4 Å². The summed E-state index contributed by atoms with van der Waals surface area (Å²) in [6.45, 7) is 4.67. The number of carbonyl (C=O) groups is 2. The molecule has 0 radical (unpaired) electrons. The van der Waals surface area contributed by atoms with Crippen molar-refractivity contribution in [2.45, 2.75) is 6.54 Å². The maximum atomic E-state index is 13.6. The summed E-state index contributed by atoms with van der Waals surface area (Å²) < 4.78 is 18.9. The molecule has 2 amide bonds. The second kappa shape index (κ2) is 9.96. The fraction of sp³-hybridized carbons (Fsp3) is 0.333. The van der Waals surface area contributed by atoms with E-state index in [-0.39, 0.29) is 24.2 Å². The Bertz CT molecular complexity index is 805. The molecule has 0 unspecified atom stereocenters. The highest BCUT2D eigenvalue weighted by molar-refractivity contribution is 5.97. The lowest BCUT2D eigenvalue weighted by Gasteiger charge is -2.26. The van der Waals surface area contributed by atoms with Crippen molar-refractivity contribution < 1.29 is 18.7 Å². The van der Waals surface area contributed by atoms with Crippen molar-refractivity contribution in [3.05, 3.63) is 71.0 Å². The molecule has 2 aromatic carbocycles. The predicted octanol–water partition coefficient (Wildman–Crippen LogP) is 1.82. The third-order valence-corrected chi connectivity index (χ3v) is 4.62. The van der Waals surface area contributed by atoms with Crippen LogP contribution in [-0.2, 0) is 11.3 Å². The van der Waals surface area contributed by atoms with Crippen LogP contribution >= 0.6 is 0 Å². The maximum absolute atomic E-state index is 13.6. The monoisotopic (exact) mass is 385 g/mol. The van der Waals surface area contributed by atoms with Crippen LogP contribution in [0.3, 0.4) is 0 Å². The number of nitrogens with zero attached hydrogens (tertiary/aromatic N) is 1. The Morgan fingerprint density at radius 2 is 1.54 bits per heavy atom.